The van der Waals surface area contributed by atoms with E-state index in [-0.39, 0.29) is 29.8 Å². The van der Waals surface area contributed by atoms with Crippen LogP contribution in [0.5, 0.6) is 0 Å². The minimum Gasteiger partial charge on any atom is -0.347 e. The van der Waals surface area contributed by atoms with Gasteiger partial charge >= 0.3 is 0 Å². The highest BCUT2D eigenvalue weighted by Crippen LogP contribution is 2.14. The molecule has 0 saturated carbocycles. The molecule has 3 N–H and O–H groups in total. The zero-order chi connectivity index (χ0) is 17.0. The van der Waals surface area contributed by atoms with Gasteiger partial charge in [0.2, 0.25) is 10.0 Å². The third-order valence-electron chi connectivity index (χ3n) is 3.11. The summed E-state index contributed by atoms with van der Waals surface area (Å²) in [4.78, 5) is 16.3. The first-order chi connectivity index (χ1) is 10.8. The molecule has 0 fully saturated rings. The van der Waals surface area contributed by atoms with Crippen LogP contribution in [0.4, 0.5) is 0 Å². The van der Waals surface area contributed by atoms with Gasteiger partial charge in [0.25, 0.3) is 5.91 Å². The number of halogens is 1. The fourth-order valence-corrected chi connectivity index (χ4v) is 3.33. The van der Waals surface area contributed by atoms with Gasteiger partial charge in [-0.2, -0.15) is 0 Å². The summed E-state index contributed by atoms with van der Waals surface area (Å²) in [6, 6.07) is 6.38. The smallest absolute Gasteiger partial charge is 0.271 e. The number of rotatable bonds is 6. The molecule has 2 rings (SSSR count). The largest absolute Gasteiger partial charge is 0.347 e. The maximum Gasteiger partial charge on any atom is 0.271 e. The van der Waals surface area contributed by atoms with Gasteiger partial charge in [-0.15, -0.1) is 23.7 Å². The summed E-state index contributed by atoms with van der Waals surface area (Å²) in [5, 5.41) is 5.10. The van der Waals surface area contributed by atoms with Crippen LogP contribution >= 0.6 is 23.7 Å². The molecule has 2 aromatic rings. The molecule has 0 spiro atoms. The minimum absolute atomic E-state index is 0. The Morgan fingerprint density at radius 2 is 1.92 bits per heavy atom. The lowest BCUT2D eigenvalue weighted by Crippen LogP contribution is -2.24. The summed E-state index contributed by atoms with van der Waals surface area (Å²) in [7, 11) is -0.484. The van der Waals surface area contributed by atoms with E-state index < -0.39 is 10.0 Å². The highest BCUT2D eigenvalue weighted by Gasteiger charge is 2.16. The van der Waals surface area contributed by atoms with Crippen LogP contribution in [0.25, 0.3) is 0 Å². The lowest BCUT2D eigenvalue weighted by molar-refractivity contribution is 0.0946. The Morgan fingerprint density at radius 3 is 2.42 bits per heavy atom. The van der Waals surface area contributed by atoms with Crippen molar-refractivity contribution in [1.29, 1.82) is 0 Å². The van der Waals surface area contributed by atoms with Crippen molar-refractivity contribution in [3.63, 3.8) is 0 Å². The number of thiazole rings is 1. The summed E-state index contributed by atoms with van der Waals surface area (Å²) < 4.78 is 25.1. The second-order valence-electron chi connectivity index (χ2n) is 4.94. The lowest BCUT2D eigenvalue weighted by atomic mass is 10.2. The van der Waals surface area contributed by atoms with E-state index in [1.165, 1.54) is 37.6 Å². The molecule has 7 nitrogen and oxygen atoms in total. The van der Waals surface area contributed by atoms with E-state index in [1.54, 1.807) is 17.5 Å². The van der Waals surface area contributed by atoms with Crippen LogP contribution in [-0.2, 0) is 23.1 Å². The second kappa shape index (κ2) is 8.54. The SMILES string of the molecule is CN(C)S(=O)(=O)c1ccc(CNC(=O)c2csc(CN)n2)cc1.Cl. The van der Waals surface area contributed by atoms with Crippen LogP contribution < -0.4 is 11.1 Å². The van der Waals surface area contributed by atoms with Crippen molar-refractivity contribution in [2.45, 2.75) is 18.0 Å². The highest BCUT2D eigenvalue weighted by molar-refractivity contribution is 7.89. The number of hydrogen-bond donors (Lipinski definition) is 2. The predicted octanol–water partition coefficient (Wildman–Crippen LogP) is 1.20. The Bertz CT molecular complexity index is 789. The van der Waals surface area contributed by atoms with Crippen molar-refractivity contribution in [1.82, 2.24) is 14.6 Å². The van der Waals surface area contributed by atoms with E-state index in [0.717, 1.165) is 9.87 Å². The summed E-state index contributed by atoms with van der Waals surface area (Å²) >= 11 is 1.34. The van der Waals surface area contributed by atoms with Gasteiger partial charge in [-0.05, 0) is 17.7 Å². The number of amides is 1. The Labute approximate surface area is 151 Å². The second-order valence-corrected chi connectivity index (χ2v) is 8.04. The van der Waals surface area contributed by atoms with Gasteiger partial charge in [-0.25, -0.2) is 17.7 Å². The van der Waals surface area contributed by atoms with E-state index >= 15 is 0 Å². The molecular formula is C14H19ClN4O3S2. The summed E-state index contributed by atoms with van der Waals surface area (Å²) in [6.45, 7) is 0.594. The lowest BCUT2D eigenvalue weighted by Gasteiger charge is -2.11. The standard InChI is InChI=1S/C14H18N4O3S2.ClH/c1-18(2)23(20,21)11-5-3-10(4-6-11)8-16-14(19)12-9-22-13(7-15)17-12;/h3-6,9H,7-8,15H2,1-2H3,(H,16,19);1H. The number of carbonyl (C=O) groups is 1. The van der Waals surface area contributed by atoms with E-state index in [4.69, 9.17) is 5.73 Å². The van der Waals surface area contributed by atoms with Crippen molar-refractivity contribution >= 4 is 39.7 Å². The topological polar surface area (TPSA) is 105 Å². The van der Waals surface area contributed by atoms with Crippen LogP contribution in [0.15, 0.2) is 34.5 Å². The van der Waals surface area contributed by atoms with Gasteiger partial charge in [0.05, 0.1) is 4.90 Å². The number of nitrogens with one attached hydrogen (secondary N) is 1. The number of nitrogens with zero attached hydrogens (tertiary/aromatic N) is 2. The van der Waals surface area contributed by atoms with E-state index in [0.29, 0.717) is 17.2 Å². The molecule has 24 heavy (non-hydrogen) atoms. The predicted molar refractivity (Wildman–Crippen MR) is 95.7 cm³/mol. The van der Waals surface area contributed by atoms with Gasteiger partial charge < -0.3 is 11.1 Å². The summed E-state index contributed by atoms with van der Waals surface area (Å²) in [5.41, 5.74) is 6.59. The molecule has 1 aromatic heterocycles. The Hall–Kier alpha value is -1.52. The fourth-order valence-electron chi connectivity index (χ4n) is 1.77. The molecule has 10 heteroatoms. The molecule has 132 valence electrons. The molecular weight excluding hydrogens is 372 g/mol. The summed E-state index contributed by atoms with van der Waals surface area (Å²) in [5.74, 6) is -0.286. The molecule has 0 aliphatic carbocycles. The fraction of sp³-hybridized carbons (Fsp3) is 0.286. The van der Waals surface area contributed by atoms with Crippen molar-refractivity contribution in [3.8, 4) is 0 Å². The monoisotopic (exact) mass is 390 g/mol. The molecule has 0 unspecified atom stereocenters. The maximum absolute atomic E-state index is 12.0. The third kappa shape index (κ3) is 4.74. The number of carbonyl (C=O) groups excluding carboxylic acids is 1. The number of nitrogens with two attached hydrogens (primary N) is 1. The quantitative estimate of drug-likeness (QED) is 0.771. The van der Waals surface area contributed by atoms with Gasteiger partial charge in [-0.1, -0.05) is 12.1 Å². The minimum atomic E-state index is -3.44. The normalized spacial score (nSPS) is 11.2. The first kappa shape index (κ1) is 20.5. The summed E-state index contributed by atoms with van der Waals surface area (Å²) in [6.07, 6.45) is 0. The third-order valence-corrected chi connectivity index (χ3v) is 5.81. The Balaban J connectivity index is 0.00000288. The zero-order valence-corrected chi connectivity index (χ0v) is 15.7. The van der Waals surface area contributed by atoms with Gasteiger partial charge in [0.1, 0.15) is 10.7 Å². The number of benzene rings is 1. The van der Waals surface area contributed by atoms with Crippen molar-refractivity contribution in [2.75, 3.05) is 14.1 Å². The van der Waals surface area contributed by atoms with Crippen LogP contribution in [0.3, 0.4) is 0 Å². The van der Waals surface area contributed by atoms with Crippen LogP contribution in [0.1, 0.15) is 21.1 Å². The first-order valence-electron chi connectivity index (χ1n) is 6.78. The number of hydrogen-bond acceptors (Lipinski definition) is 6. The molecule has 1 heterocycles. The Kier molecular flexibility index (Phi) is 7.30. The average Bonchev–Trinajstić information content (AvgIpc) is 3.02. The molecule has 0 atom stereocenters. The molecule has 1 amide bonds. The molecule has 0 bridgehead atoms. The van der Waals surface area contributed by atoms with Gasteiger partial charge in [0, 0.05) is 32.6 Å². The molecule has 0 aliphatic heterocycles. The molecule has 0 saturated heterocycles. The highest BCUT2D eigenvalue weighted by atomic mass is 35.5. The maximum atomic E-state index is 12.0. The van der Waals surface area contributed by atoms with Crippen LogP contribution in [0.2, 0.25) is 0 Å². The van der Waals surface area contributed by atoms with Crippen LogP contribution in [0, 0.1) is 0 Å². The molecule has 0 radical (unpaired) electrons. The molecule has 1 aromatic carbocycles. The average molecular weight is 391 g/mol. The first-order valence-corrected chi connectivity index (χ1v) is 9.10. The van der Waals surface area contributed by atoms with E-state index in [2.05, 4.69) is 10.3 Å². The van der Waals surface area contributed by atoms with Gasteiger partial charge in [-0.3, -0.25) is 4.79 Å². The van der Waals surface area contributed by atoms with Crippen molar-refractivity contribution in [3.05, 3.63) is 45.9 Å². The number of aromatic nitrogens is 1. The zero-order valence-electron chi connectivity index (χ0n) is 13.2. The number of sulfonamides is 1. The van der Waals surface area contributed by atoms with Crippen molar-refractivity contribution < 1.29 is 13.2 Å². The van der Waals surface area contributed by atoms with E-state index in [1.807, 2.05) is 0 Å². The van der Waals surface area contributed by atoms with E-state index in [9.17, 15) is 13.2 Å². The van der Waals surface area contributed by atoms with Crippen molar-refractivity contribution in [2.24, 2.45) is 5.73 Å². The Morgan fingerprint density at radius 1 is 1.29 bits per heavy atom. The van der Waals surface area contributed by atoms with Crippen LogP contribution in [-0.4, -0.2) is 37.7 Å². The molecule has 0 aliphatic rings. The van der Waals surface area contributed by atoms with Gasteiger partial charge in [0.15, 0.2) is 0 Å².